The van der Waals surface area contributed by atoms with Gasteiger partial charge in [0.25, 0.3) is 5.91 Å². The zero-order valence-corrected chi connectivity index (χ0v) is 16.6. The third kappa shape index (κ3) is 5.12. The van der Waals surface area contributed by atoms with Gasteiger partial charge in [0.15, 0.2) is 0 Å². The van der Waals surface area contributed by atoms with Gasteiger partial charge in [0.1, 0.15) is 6.04 Å². The van der Waals surface area contributed by atoms with Crippen molar-refractivity contribution in [1.29, 1.82) is 0 Å². The zero-order valence-electron chi connectivity index (χ0n) is 16.6. The fraction of sp³-hybridized carbons (Fsp3) is 0.167. The number of methoxy groups -OCH3 is 1. The summed E-state index contributed by atoms with van der Waals surface area (Å²) < 4.78 is 45.1. The van der Waals surface area contributed by atoms with E-state index in [2.05, 4.69) is 5.32 Å². The molecule has 0 radical (unpaired) electrons. The summed E-state index contributed by atoms with van der Waals surface area (Å²) in [4.78, 5) is 25.6. The molecule has 0 aromatic heterocycles. The molecule has 160 valence electrons. The number of esters is 1. The molecule has 3 rings (SSSR count). The van der Waals surface area contributed by atoms with Gasteiger partial charge in [0.05, 0.1) is 18.2 Å². The zero-order chi connectivity index (χ0) is 22.4. The fourth-order valence-corrected chi connectivity index (χ4v) is 3.45. The van der Waals surface area contributed by atoms with E-state index < -0.39 is 41.1 Å². The van der Waals surface area contributed by atoms with Gasteiger partial charge in [-0.25, -0.2) is 4.79 Å². The summed E-state index contributed by atoms with van der Waals surface area (Å²) in [6, 6.07) is 21.0. The van der Waals surface area contributed by atoms with Crippen LogP contribution in [0.2, 0.25) is 0 Å². The summed E-state index contributed by atoms with van der Waals surface area (Å²) in [5, 5.41) is 2.48. The van der Waals surface area contributed by atoms with Crippen molar-refractivity contribution < 1.29 is 27.5 Å². The number of hydrogen-bond acceptors (Lipinski definition) is 3. The second-order valence-corrected chi connectivity index (χ2v) is 6.82. The molecule has 0 spiro atoms. The van der Waals surface area contributed by atoms with Crippen molar-refractivity contribution in [2.24, 2.45) is 0 Å². The first kappa shape index (κ1) is 22.1. The van der Waals surface area contributed by atoms with E-state index in [1.54, 1.807) is 60.7 Å². The second kappa shape index (κ2) is 9.47. The largest absolute Gasteiger partial charge is 0.467 e. The van der Waals surface area contributed by atoms with E-state index in [1.807, 2.05) is 0 Å². The van der Waals surface area contributed by atoms with Gasteiger partial charge in [0, 0.05) is 5.92 Å². The van der Waals surface area contributed by atoms with Gasteiger partial charge in [-0.05, 0) is 23.3 Å². The number of rotatable bonds is 6. The number of halogens is 3. The van der Waals surface area contributed by atoms with Crippen LogP contribution in [0.1, 0.15) is 33.0 Å². The predicted octanol–water partition coefficient (Wildman–Crippen LogP) is 4.81. The minimum Gasteiger partial charge on any atom is -0.467 e. The molecule has 3 aromatic carbocycles. The number of benzene rings is 3. The van der Waals surface area contributed by atoms with Crippen LogP contribution in [0.3, 0.4) is 0 Å². The van der Waals surface area contributed by atoms with E-state index in [0.717, 1.165) is 19.2 Å². The highest BCUT2D eigenvalue weighted by atomic mass is 19.4. The van der Waals surface area contributed by atoms with Gasteiger partial charge in [-0.2, -0.15) is 13.2 Å². The topological polar surface area (TPSA) is 55.4 Å². The van der Waals surface area contributed by atoms with Crippen molar-refractivity contribution >= 4 is 11.9 Å². The molecule has 4 nitrogen and oxygen atoms in total. The predicted molar refractivity (Wildman–Crippen MR) is 109 cm³/mol. The first-order valence-electron chi connectivity index (χ1n) is 9.47. The number of hydrogen-bond donors (Lipinski definition) is 1. The quantitative estimate of drug-likeness (QED) is 0.575. The van der Waals surface area contributed by atoms with Crippen LogP contribution in [0.5, 0.6) is 0 Å². The molecular weight excluding hydrogens is 407 g/mol. The molecule has 31 heavy (non-hydrogen) atoms. The molecular formula is C24H20F3NO3. The monoisotopic (exact) mass is 427 g/mol. The van der Waals surface area contributed by atoms with Crippen LogP contribution in [0.15, 0.2) is 84.9 Å². The standard InChI is InChI=1S/C24H20F3NO3/c1-31-23(30)21(28-22(29)18-14-8-9-15-19(18)24(25,26)27)20(16-10-4-2-5-11-16)17-12-6-3-7-13-17/h2-15,20-21H,1H3,(H,28,29)/t21-/m1/s1. The Morgan fingerprint density at radius 1 is 0.806 bits per heavy atom. The average Bonchev–Trinajstić information content (AvgIpc) is 2.79. The first-order valence-corrected chi connectivity index (χ1v) is 9.47. The molecule has 1 amide bonds. The van der Waals surface area contributed by atoms with Gasteiger partial charge in [0.2, 0.25) is 0 Å². The summed E-state index contributed by atoms with van der Waals surface area (Å²) >= 11 is 0. The van der Waals surface area contributed by atoms with Gasteiger partial charge < -0.3 is 10.1 Å². The lowest BCUT2D eigenvalue weighted by molar-refractivity contribution is -0.143. The van der Waals surface area contributed by atoms with Crippen molar-refractivity contribution in [3.8, 4) is 0 Å². The summed E-state index contributed by atoms with van der Waals surface area (Å²) in [5.41, 5.74) is -0.238. The Morgan fingerprint density at radius 2 is 1.29 bits per heavy atom. The third-order valence-corrected chi connectivity index (χ3v) is 4.87. The molecule has 0 unspecified atom stereocenters. The molecule has 3 aromatic rings. The second-order valence-electron chi connectivity index (χ2n) is 6.82. The van der Waals surface area contributed by atoms with Crippen molar-refractivity contribution in [3.63, 3.8) is 0 Å². The molecule has 0 bridgehead atoms. The van der Waals surface area contributed by atoms with Crippen LogP contribution in [-0.4, -0.2) is 25.0 Å². The van der Waals surface area contributed by atoms with Crippen LogP contribution in [-0.2, 0) is 15.7 Å². The summed E-state index contributed by atoms with van der Waals surface area (Å²) in [6.45, 7) is 0. The molecule has 0 saturated heterocycles. The van der Waals surface area contributed by atoms with Gasteiger partial charge in [-0.1, -0.05) is 72.8 Å². The first-order chi connectivity index (χ1) is 14.8. The summed E-state index contributed by atoms with van der Waals surface area (Å²) in [6.07, 6.45) is -4.72. The van der Waals surface area contributed by atoms with E-state index in [4.69, 9.17) is 4.74 Å². The lowest BCUT2D eigenvalue weighted by Crippen LogP contribution is -2.46. The maximum Gasteiger partial charge on any atom is 0.417 e. The Morgan fingerprint density at radius 3 is 1.77 bits per heavy atom. The Hall–Kier alpha value is -3.61. The van der Waals surface area contributed by atoms with Crippen molar-refractivity contribution in [3.05, 3.63) is 107 Å². The van der Waals surface area contributed by atoms with Crippen LogP contribution in [0, 0.1) is 0 Å². The highest BCUT2D eigenvalue weighted by Crippen LogP contribution is 2.33. The van der Waals surface area contributed by atoms with E-state index >= 15 is 0 Å². The van der Waals surface area contributed by atoms with Crippen molar-refractivity contribution in [2.45, 2.75) is 18.1 Å². The highest BCUT2D eigenvalue weighted by Gasteiger charge is 2.38. The van der Waals surface area contributed by atoms with E-state index in [0.29, 0.717) is 11.1 Å². The van der Waals surface area contributed by atoms with Crippen LogP contribution >= 0.6 is 0 Å². The molecule has 0 aliphatic rings. The lowest BCUT2D eigenvalue weighted by Gasteiger charge is -2.27. The molecule has 1 N–H and O–H groups in total. The van der Waals surface area contributed by atoms with E-state index in [1.165, 1.54) is 12.1 Å². The molecule has 0 saturated carbocycles. The van der Waals surface area contributed by atoms with Crippen LogP contribution in [0.4, 0.5) is 13.2 Å². The summed E-state index contributed by atoms with van der Waals surface area (Å²) in [7, 11) is 1.16. The normalized spacial score (nSPS) is 12.3. The fourth-order valence-electron chi connectivity index (χ4n) is 3.45. The SMILES string of the molecule is COC(=O)[C@H](NC(=O)c1ccccc1C(F)(F)F)C(c1ccccc1)c1ccccc1. The molecule has 0 aliphatic carbocycles. The Kier molecular flexibility index (Phi) is 6.74. The molecule has 7 heteroatoms. The number of carbonyl (C=O) groups is 2. The van der Waals surface area contributed by atoms with E-state index in [-0.39, 0.29) is 0 Å². The minimum absolute atomic E-state index is 0.566. The number of nitrogens with one attached hydrogen (secondary N) is 1. The molecule has 1 atom stereocenters. The minimum atomic E-state index is -4.72. The average molecular weight is 427 g/mol. The van der Waals surface area contributed by atoms with Crippen LogP contribution in [0.25, 0.3) is 0 Å². The van der Waals surface area contributed by atoms with Gasteiger partial charge in [-0.15, -0.1) is 0 Å². The number of alkyl halides is 3. The van der Waals surface area contributed by atoms with E-state index in [9.17, 15) is 22.8 Å². The highest BCUT2D eigenvalue weighted by molar-refractivity contribution is 5.98. The number of ether oxygens (including phenoxy) is 1. The maximum absolute atomic E-state index is 13.4. The number of carbonyl (C=O) groups excluding carboxylic acids is 2. The van der Waals surface area contributed by atoms with Gasteiger partial charge in [-0.3, -0.25) is 4.79 Å². The molecule has 0 fully saturated rings. The van der Waals surface area contributed by atoms with Crippen molar-refractivity contribution in [2.75, 3.05) is 7.11 Å². The van der Waals surface area contributed by atoms with Gasteiger partial charge >= 0.3 is 12.1 Å². The maximum atomic E-state index is 13.4. The third-order valence-electron chi connectivity index (χ3n) is 4.87. The lowest BCUT2D eigenvalue weighted by atomic mass is 9.84. The Labute approximate surface area is 177 Å². The molecule has 0 heterocycles. The van der Waals surface area contributed by atoms with Crippen LogP contribution < -0.4 is 5.32 Å². The summed E-state index contributed by atoms with van der Waals surface area (Å²) in [5.74, 6) is -2.45. The smallest absolute Gasteiger partial charge is 0.417 e. The Balaban J connectivity index is 2.05. The number of amides is 1. The van der Waals surface area contributed by atoms with Crippen molar-refractivity contribution in [1.82, 2.24) is 5.32 Å². The molecule has 0 aliphatic heterocycles. The Bertz CT molecular complexity index is 997.